The highest BCUT2D eigenvalue weighted by atomic mass is 32.2. The molecule has 168 valence electrons. The molecule has 0 fully saturated rings. The van der Waals surface area contributed by atoms with E-state index in [-0.39, 0.29) is 39.0 Å². The van der Waals surface area contributed by atoms with Gasteiger partial charge >= 0.3 is 11.3 Å². The quantitative estimate of drug-likeness (QED) is 0.333. The van der Waals surface area contributed by atoms with Crippen LogP contribution in [0.5, 0.6) is 11.5 Å². The molecule has 2 heterocycles. The molecule has 0 saturated carbocycles. The summed E-state index contributed by atoms with van der Waals surface area (Å²) < 4.78 is 16.4. The number of anilines is 2. The number of aryl methyl sites for hydroxylation is 1. The number of nitrogens with two attached hydrogens (primary N) is 1. The molecule has 1 amide bonds. The van der Waals surface area contributed by atoms with Crippen LogP contribution in [0, 0.1) is 22.7 Å². The van der Waals surface area contributed by atoms with Crippen molar-refractivity contribution in [3.05, 3.63) is 39.7 Å². The Morgan fingerprint density at radius 3 is 2.61 bits per heavy atom. The normalized spacial score (nSPS) is 10.2. The third-order valence-electron chi connectivity index (χ3n) is 4.48. The number of amides is 1. The van der Waals surface area contributed by atoms with Crippen molar-refractivity contribution >= 4 is 29.2 Å². The third kappa shape index (κ3) is 4.58. The van der Waals surface area contributed by atoms with Crippen LogP contribution in [0.3, 0.4) is 0 Å². The number of hydrogen-bond donors (Lipinski definition) is 3. The van der Waals surface area contributed by atoms with E-state index >= 15 is 0 Å². The minimum absolute atomic E-state index is 0.0256. The number of H-pyrrole nitrogens is 1. The number of nitriles is 2. The Morgan fingerprint density at radius 1 is 1.30 bits per heavy atom. The van der Waals surface area contributed by atoms with Gasteiger partial charge in [0.1, 0.15) is 45.6 Å². The number of carbonyl (C=O) groups excluding carboxylic acids is 1. The summed E-state index contributed by atoms with van der Waals surface area (Å²) in [6.45, 7) is 0. The van der Waals surface area contributed by atoms with Gasteiger partial charge in [-0.1, -0.05) is 16.4 Å². The Labute approximate surface area is 191 Å². The van der Waals surface area contributed by atoms with Crippen LogP contribution in [-0.4, -0.2) is 36.1 Å². The molecule has 2 aromatic heterocycles. The molecule has 13 heteroatoms. The van der Waals surface area contributed by atoms with E-state index in [0.717, 1.165) is 11.8 Å². The van der Waals surface area contributed by atoms with Crippen LogP contribution < -0.4 is 30.8 Å². The molecule has 0 unspecified atom stereocenters. The van der Waals surface area contributed by atoms with Crippen molar-refractivity contribution in [3.63, 3.8) is 0 Å². The highest BCUT2D eigenvalue weighted by Gasteiger charge is 2.31. The molecule has 3 rings (SSSR count). The second-order valence-corrected chi connectivity index (χ2v) is 7.41. The van der Waals surface area contributed by atoms with E-state index < -0.39 is 11.5 Å². The van der Waals surface area contributed by atoms with Crippen LogP contribution in [0.2, 0.25) is 0 Å². The molecule has 0 aliphatic carbocycles. The lowest BCUT2D eigenvalue weighted by atomic mass is 10.0. The van der Waals surface area contributed by atoms with E-state index in [0.29, 0.717) is 17.2 Å². The van der Waals surface area contributed by atoms with Gasteiger partial charge in [-0.05, 0) is 17.4 Å². The summed E-state index contributed by atoms with van der Waals surface area (Å²) in [5, 5.41) is 24.4. The van der Waals surface area contributed by atoms with Crippen LogP contribution >= 0.6 is 11.8 Å². The third-order valence-corrected chi connectivity index (χ3v) is 5.45. The first-order valence-corrected chi connectivity index (χ1v) is 10.2. The summed E-state index contributed by atoms with van der Waals surface area (Å²) in [5.74, 6) is 0.190. The van der Waals surface area contributed by atoms with E-state index in [1.54, 1.807) is 18.2 Å². The highest BCUT2D eigenvalue weighted by molar-refractivity contribution is 8.00. The van der Waals surface area contributed by atoms with Crippen molar-refractivity contribution < 1.29 is 23.5 Å². The lowest BCUT2D eigenvalue weighted by molar-refractivity contribution is -0.730. The molecule has 12 nitrogen and oxygen atoms in total. The largest absolute Gasteiger partial charge is 0.497 e. The van der Waals surface area contributed by atoms with Crippen molar-refractivity contribution in [3.8, 4) is 34.9 Å². The fraction of sp³-hybridized carbons (Fsp3) is 0.200. The summed E-state index contributed by atoms with van der Waals surface area (Å²) in [6, 6.07) is 8.75. The number of ether oxygens (including phenoxy) is 2. The van der Waals surface area contributed by atoms with Gasteiger partial charge in [0.25, 0.3) is 0 Å². The Kier molecular flexibility index (Phi) is 6.85. The van der Waals surface area contributed by atoms with E-state index in [4.69, 9.17) is 19.7 Å². The van der Waals surface area contributed by atoms with Crippen molar-refractivity contribution in [1.82, 2.24) is 10.3 Å². The van der Waals surface area contributed by atoms with Crippen LogP contribution in [0.4, 0.5) is 11.5 Å². The lowest BCUT2D eigenvalue weighted by Crippen LogP contribution is -2.34. The van der Waals surface area contributed by atoms with Crippen molar-refractivity contribution in [2.75, 3.05) is 31.0 Å². The number of benzene rings is 1. The van der Waals surface area contributed by atoms with Gasteiger partial charge in [0, 0.05) is 6.07 Å². The number of aromatic amines is 1. The van der Waals surface area contributed by atoms with E-state index in [1.807, 2.05) is 12.1 Å². The maximum absolute atomic E-state index is 12.6. The number of rotatable bonds is 7. The van der Waals surface area contributed by atoms with Crippen molar-refractivity contribution in [2.45, 2.75) is 5.03 Å². The molecule has 0 bridgehead atoms. The van der Waals surface area contributed by atoms with Gasteiger partial charge in [-0.3, -0.25) is 9.32 Å². The number of thioether (sulfide) groups is 1. The summed E-state index contributed by atoms with van der Waals surface area (Å²) in [5.41, 5.74) is 5.19. The number of nitrogen functional groups attached to an aromatic ring is 1. The van der Waals surface area contributed by atoms with Crippen LogP contribution in [0.15, 0.2) is 32.5 Å². The zero-order valence-electron chi connectivity index (χ0n) is 17.8. The number of nitrogens with one attached hydrogen (secondary N) is 2. The molecule has 33 heavy (non-hydrogen) atoms. The van der Waals surface area contributed by atoms with E-state index in [1.165, 1.54) is 25.9 Å². The van der Waals surface area contributed by atoms with Crippen LogP contribution in [0.1, 0.15) is 11.1 Å². The minimum atomic E-state index is -0.796. The summed E-state index contributed by atoms with van der Waals surface area (Å²) in [4.78, 5) is 28.9. The van der Waals surface area contributed by atoms with Crippen LogP contribution in [0.25, 0.3) is 11.3 Å². The molecular formula is C20H18N7O5S+. The first-order chi connectivity index (χ1) is 15.8. The average molecular weight is 468 g/mol. The summed E-state index contributed by atoms with van der Waals surface area (Å²) in [6.07, 6.45) is 0. The zero-order chi connectivity index (χ0) is 24.1. The number of pyridine rings is 1. The fourth-order valence-electron chi connectivity index (χ4n) is 2.98. The van der Waals surface area contributed by atoms with Gasteiger partial charge in [0.05, 0.1) is 31.2 Å². The maximum Gasteiger partial charge on any atom is 0.435 e. The number of aromatic nitrogens is 3. The van der Waals surface area contributed by atoms with Gasteiger partial charge in [0.15, 0.2) is 7.05 Å². The molecule has 3 aromatic rings. The average Bonchev–Trinajstić information content (AvgIpc) is 3.14. The first-order valence-electron chi connectivity index (χ1n) is 9.20. The molecule has 0 saturated heterocycles. The zero-order valence-corrected chi connectivity index (χ0v) is 18.6. The van der Waals surface area contributed by atoms with Crippen molar-refractivity contribution in [2.24, 2.45) is 7.05 Å². The fourth-order valence-corrected chi connectivity index (χ4v) is 3.78. The van der Waals surface area contributed by atoms with Gasteiger partial charge < -0.3 is 20.5 Å². The number of carbonyl (C=O) groups is 1. The molecule has 0 aliphatic rings. The first kappa shape index (κ1) is 23.2. The summed E-state index contributed by atoms with van der Waals surface area (Å²) >= 11 is 0.920. The Bertz CT molecular complexity index is 1370. The molecule has 4 N–H and O–H groups in total. The van der Waals surface area contributed by atoms with Gasteiger partial charge in [-0.25, -0.2) is 9.78 Å². The monoisotopic (exact) mass is 468 g/mol. The van der Waals surface area contributed by atoms with Crippen molar-refractivity contribution in [1.29, 1.82) is 10.5 Å². The SMILES string of the molecule is COc1ccc(OC)c(NC(=O)CSc2nc(N)c(C#N)c(-c3c(=O)o[nH][n+]3C)c2C#N)c1. The number of methoxy groups -OCH3 is 2. The molecular weight excluding hydrogens is 450 g/mol. The highest BCUT2D eigenvalue weighted by Crippen LogP contribution is 2.34. The Balaban J connectivity index is 1.94. The number of nitrogens with zero attached hydrogens (tertiary/aromatic N) is 4. The Morgan fingerprint density at radius 2 is 2.03 bits per heavy atom. The second-order valence-electron chi connectivity index (χ2n) is 6.44. The van der Waals surface area contributed by atoms with Gasteiger partial charge in [0.2, 0.25) is 5.91 Å². The smallest absolute Gasteiger partial charge is 0.435 e. The predicted octanol–water partition coefficient (Wildman–Crippen LogP) is 0.928. The Hall–Kier alpha value is -4.49. The maximum atomic E-state index is 12.6. The molecule has 0 atom stereocenters. The van der Waals surface area contributed by atoms with E-state index in [9.17, 15) is 20.1 Å². The van der Waals surface area contributed by atoms with Gasteiger partial charge in [-0.15, -0.1) is 0 Å². The van der Waals surface area contributed by atoms with Crippen LogP contribution in [-0.2, 0) is 11.8 Å². The number of hydrogen-bond acceptors (Lipinski definition) is 10. The van der Waals surface area contributed by atoms with E-state index in [2.05, 4.69) is 15.6 Å². The molecule has 0 spiro atoms. The lowest BCUT2D eigenvalue weighted by Gasteiger charge is -2.12. The summed E-state index contributed by atoms with van der Waals surface area (Å²) in [7, 11) is 4.44. The molecule has 1 aromatic carbocycles. The van der Waals surface area contributed by atoms with Gasteiger partial charge in [-0.2, -0.15) is 10.5 Å². The topological polar surface area (TPSA) is 184 Å². The molecule has 0 aliphatic heterocycles. The standard InChI is InChI=1S/C20H17N7O5S/c1-27-17(20(29)32-26-27)16-11(7-21)18(23)25-19(12(16)8-22)33-9-15(28)24-13-6-10(30-2)4-5-14(13)31-3/h4-6H,9H2,1-3H3,(H3-,23,24,25,26,28,29)/p+1. The predicted molar refractivity (Wildman–Crippen MR) is 116 cm³/mol. The second kappa shape index (κ2) is 9.76. The molecule has 0 radical (unpaired) electrons. The minimum Gasteiger partial charge on any atom is -0.497 e.